The van der Waals surface area contributed by atoms with Gasteiger partial charge in [-0.25, -0.2) is 4.79 Å². The van der Waals surface area contributed by atoms with E-state index in [0.717, 1.165) is 0 Å². The summed E-state index contributed by atoms with van der Waals surface area (Å²) < 4.78 is 9.12. The predicted molar refractivity (Wildman–Crippen MR) is 38.9 cm³/mol. The highest BCUT2D eigenvalue weighted by molar-refractivity contribution is 5.73. The summed E-state index contributed by atoms with van der Waals surface area (Å²) in [6.07, 6.45) is -1.48. The van der Waals surface area contributed by atoms with Crippen LogP contribution in [0.1, 0.15) is 20.8 Å². The zero-order chi connectivity index (χ0) is 9.07. The van der Waals surface area contributed by atoms with Crippen LogP contribution in [0.4, 0.5) is 0 Å². The summed E-state index contributed by atoms with van der Waals surface area (Å²) in [6.45, 7) is 5.15. The molecule has 1 unspecified atom stereocenters. The summed E-state index contributed by atoms with van der Waals surface area (Å²) in [5.41, 5.74) is -0.587. The van der Waals surface area contributed by atoms with Crippen LogP contribution < -0.4 is 0 Å². The van der Waals surface area contributed by atoms with Crippen molar-refractivity contribution < 1.29 is 19.4 Å². The van der Waals surface area contributed by atoms with E-state index in [1.165, 1.54) is 7.11 Å². The first kappa shape index (κ1) is 10.4. The number of rotatable bonds is 2. The molecule has 1 N–H and O–H groups in total. The fourth-order valence-corrected chi connectivity index (χ4v) is 0.448. The molecule has 66 valence electrons. The summed E-state index contributed by atoms with van der Waals surface area (Å²) in [6, 6.07) is 0. The molecule has 0 radical (unpaired) electrons. The van der Waals surface area contributed by atoms with Gasteiger partial charge >= 0.3 is 5.97 Å². The van der Waals surface area contributed by atoms with E-state index in [0.29, 0.717) is 0 Å². The van der Waals surface area contributed by atoms with Crippen LogP contribution >= 0.6 is 0 Å². The van der Waals surface area contributed by atoms with Crippen LogP contribution in [-0.2, 0) is 14.3 Å². The Bertz CT molecular complexity index is 136. The molecule has 0 aliphatic rings. The van der Waals surface area contributed by atoms with E-state index in [4.69, 9.17) is 9.84 Å². The Hall–Kier alpha value is -0.610. The molecule has 0 spiro atoms. The van der Waals surface area contributed by atoms with Crippen LogP contribution in [0.3, 0.4) is 0 Å². The zero-order valence-corrected chi connectivity index (χ0v) is 7.25. The van der Waals surface area contributed by atoms with Gasteiger partial charge in [0, 0.05) is 7.11 Å². The van der Waals surface area contributed by atoms with Gasteiger partial charge in [-0.3, -0.25) is 0 Å². The molecule has 1 atom stereocenters. The molecule has 4 heteroatoms. The van der Waals surface area contributed by atoms with Gasteiger partial charge in [-0.05, 0) is 20.8 Å². The van der Waals surface area contributed by atoms with Crippen molar-refractivity contribution in [1.82, 2.24) is 0 Å². The average Bonchev–Trinajstić information content (AvgIpc) is 1.82. The van der Waals surface area contributed by atoms with Gasteiger partial charge in [0.1, 0.15) is 5.60 Å². The lowest BCUT2D eigenvalue weighted by atomic mass is 10.2. The molecule has 0 saturated carbocycles. The Morgan fingerprint density at radius 1 is 1.45 bits per heavy atom. The third kappa shape index (κ3) is 4.75. The summed E-state index contributed by atoms with van der Waals surface area (Å²) in [5, 5.41) is 8.79. The fourth-order valence-electron chi connectivity index (χ4n) is 0.448. The Balaban J connectivity index is 3.88. The number of aliphatic hydroxyl groups is 1. The molecule has 4 nitrogen and oxygen atoms in total. The van der Waals surface area contributed by atoms with Gasteiger partial charge in [0.05, 0.1) is 0 Å². The lowest BCUT2D eigenvalue weighted by Crippen LogP contribution is -2.32. The number of hydrogen-bond acceptors (Lipinski definition) is 4. The monoisotopic (exact) mass is 162 g/mol. The molecule has 0 aromatic carbocycles. The third-order valence-electron chi connectivity index (χ3n) is 0.832. The molecule has 0 fully saturated rings. The SMILES string of the molecule is COC(O)C(=O)OC(C)(C)C. The molecule has 0 aliphatic carbocycles. The van der Waals surface area contributed by atoms with E-state index < -0.39 is 17.9 Å². The third-order valence-corrected chi connectivity index (χ3v) is 0.832. The fraction of sp³-hybridized carbons (Fsp3) is 0.857. The lowest BCUT2D eigenvalue weighted by molar-refractivity contribution is -0.188. The van der Waals surface area contributed by atoms with Crippen molar-refractivity contribution in [3.05, 3.63) is 0 Å². The van der Waals surface area contributed by atoms with Crippen LogP contribution in [0.25, 0.3) is 0 Å². The zero-order valence-electron chi connectivity index (χ0n) is 7.25. The van der Waals surface area contributed by atoms with E-state index in [-0.39, 0.29) is 0 Å². The highest BCUT2D eigenvalue weighted by Crippen LogP contribution is 2.08. The van der Waals surface area contributed by atoms with E-state index in [2.05, 4.69) is 4.74 Å². The van der Waals surface area contributed by atoms with Gasteiger partial charge in [-0.1, -0.05) is 0 Å². The minimum absolute atomic E-state index is 0.587. The van der Waals surface area contributed by atoms with Gasteiger partial charge in [0.15, 0.2) is 0 Å². The van der Waals surface area contributed by atoms with E-state index in [1.54, 1.807) is 20.8 Å². The number of ether oxygens (including phenoxy) is 2. The van der Waals surface area contributed by atoms with E-state index in [1.807, 2.05) is 0 Å². The quantitative estimate of drug-likeness (QED) is 0.468. The molecule has 0 aromatic rings. The van der Waals surface area contributed by atoms with Crippen LogP contribution in [-0.4, -0.2) is 30.1 Å². The van der Waals surface area contributed by atoms with Crippen LogP contribution in [0.5, 0.6) is 0 Å². The molecule has 0 aromatic heterocycles. The Morgan fingerprint density at radius 2 is 1.91 bits per heavy atom. The second kappa shape index (κ2) is 3.69. The second-order valence-corrected chi connectivity index (χ2v) is 3.12. The van der Waals surface area contributed by atoms with Crippen LogP contribution in [0.2, 0.25) is 0 Å². The number of carbonyl (C=O) groups is 1. The molecule has 0 rings (SSSR count). The average molecular weight is 162 g/mol. The normalized spacial score (nSPS) is 14.3. The number of carbonyl (C=O) groups excluding carboxylic acids is 1. The van der Waals surface area contributed by atoms with Crippen molar-refractivity contribution in [3.8, 4) is 0 Å². The molecule has 0 heterocycles. The molecule has 0 aliphatic heterocycles. The first-order valence-corrected chi connectivity index (χ1v) is 3.30. The molecule has 11 heavy (non-hydrogen) atoms. The topological polar surface area (TPSA) is 55.8 Å². The molecule has 0 amide bonds. The first-order chi connectivity index (χ1) is 4.87. The van der Waals surface area contributed by atoms with Crippen molar-refractivity contribution in [2.75, 3.05) is 7.11 Å². The van der Waals surface area contributed by atoms with Gasteiger partial charge in [-0.2, -0.15) is 0 Å². The lowest BCUT2D eigenvalue weighted by Gasteiger charge is -2.20. The maximum Gasteiger partial charge on any atom is 0.363 e. The van der Waals surface area contributed by atoms with E-state index >= 15 is 0 Å². The number of hydrogen-bond donors (Lipinski definition) is 1. The van der Waals surface area contributed by atoms with Crippen molar-refractivity contribution >= 4 is 5.97 Å². The van der Waals surface area contributed by atoms with Crippen LogP contribution in [0, 0.1) is 0 Å². The number of aliphatic hydroxyl groups excluding tert-OH is 1. The van der Waals surface area contributed by atoms with Gasteiger partial charge in [0.25, 0.3) is 6.29 Å². The smallest absolute Gasteiger partial charge is 0.363 e. The number of esters is 1. The minimum Gasteiger partial charge on any atom is -0.456 e. The largest absolute Gasteiger partial charge is 0.456 e. The Morgan fingerprint density at radius 3 is 2.18 bits per heavy atom. The first-order valence-electron chi connectivity index (χ1n) is 3.30. The van der Waals surface area contributed by atoms with Crippen molar-refractivity contribution in [1.29, 1.82) is 0 Å². The van der Waals surface area contributed by atoms with Crippen molar-refractivity contribution in [2.24, 2.45) is 0 Å². The van der Waals surface area contributed by atoms with Gasteiger partial charge in [-0.15, -0.1) is 0 Å². The summed E-state index contributed by atoms with van der Waals surface area (Å²) in [5.74, 6) is -0.764. The highest BCUT2D eigenvalue weighted by atomic mass is 16.6. The maximum atomic E-state index is 10.8. The Kier molecular flexibility index (Phi) is 3.48. The Labute approximate surface area is 66.1 Å². The highest BCUT2D eigenvalue weighted by Gasteiger charge is 2.22. The molecule has 0 saturated heterocycles. The number of methoxy groups -OCH3 is 1. The van der Waals surface area contributed by atoms with Gasteiger partial charge in [0.2, 0.25) is 0 Å². The summed E-state index contributed by atoms with van der Waals surface area (Å²) >= 11 is 0. The van der Waals surface area contributed by atoms with E-state index in [9.17, 15) is 4.79 Å². The van der Waals surface area contributed by atoms with Crippen LogP contribution in [0.15, 0.2) is 0 Å². The standard InChI is InChI=1S/C7H14O4/c1-7(2,3)11-6(9)5(8)10-4/h5,8H,1-4H3. The summed E-state index contributed by atoms with van der Waals surface area (Å²) in [7, 11) is 1.23. The van der Waals surface area contributed by atoms with Crippen molar-refractivity contribution in [2.45, 2.75) is 32.7 Å². The molecular formula is C7H14O4. The predicted octanol–water partition coefficient (Wildman–Crippen LogP) is 0.293. The van der Waals surface area contributed by atoms with Crippen molar-refractivity contribution in [3.63, 3.8) is 0 Å². The minimum atomic E-state index is -1.48. The molecular weight excluding hydrogens is 148 g/mol. The van der Waals surface area contributed by atoms with Gasteiger partial charge < -0.3 is 14.6 Å². The molecule has 0 bridgehead atoms. The summed E-state index contributed by atoms with van der Waals surface area (Å²) in [4.78, 5) is 10.8. The second-order valence-electron chi connectivity index (χ2n) is 3.12. The maximum absolute atomic E-state index is 10.8.